The summed E-state index contributed by atoms with van der Waals surface area (Å²) in [5.41, 5.74) is 7.30. The first-order chi connectivity index (χ1) is 6.11. The minimum Gasteiger partial charge on any atom is -0.480 e. The molecule has 13 heavy (non-hydrogen) atoms. The average Bonchev–Trinajstić information content (AvgIpc) is 2.08. The molecule has 0 spiro atoms. The SMILES string of the molecule is Cc1cnccc1C[C@H](N)C(=O)O. The van der Waals surface area contributed by atoms with E-state index in [9.17, 15) is 4.79 Å². The van der Waals surface area contributed by atoms with Gasteiger partial charge in [-0.3, -0.25) is 9.78 Å². The van der Waals surface area contributed by atoms with Gasteiger partial charge < -0.3 is 10.8 Å². The van der Waals surface area contributed by atoms with Gasteiger partial charge >= 0.3 is 5.97 Å². The van der Waals surface area contributed by atoms with Gasteiger partial charge in [0.2, 0.25) is 0 Å². The van der Waals surface area contributed by atoms with Crippen LogP contribution in [0.15, 0.2) is 18.5 Å². The highest BCUT2D eigenvalue weighted by Crippen LogP contribution is 2.07. The molecule has 1 aromatic heterocycles. The standard InChI is InChI=1S/C9H12N2O2/c1-6-5-11-3-2-7(6)4-8(10)9(12)13/h2-3,5,8H,4,10H2,1H3,(H,12,13)/t8-/m0/s1. The van der Waals surface area contributed by atoms with Crippen LogP contribution in [-0.4, -0.2) is 22.1 Å². The predicted octanol–water partition coefficient (Wildman–Crippen LogP) is 0.344. The summed E-state index contributed by atoms with van der Waals surface area (Å²) in [5, 5.41) is 8.59. The molecule has 70 valence electrons. The largest absolute Gasteiger partial charge is 0.480 e. The number of carboxylic acid groups (broad SMARTS) is 1. The van der Waals surface area contributed by atoms with E-state index >= 15 is 0 Å². The third kappa shape index (κ3) is 2.52. The monoisotopic (exact) mass is 180 g/mol. The van der Waals surface area contributed by atoms with Crippen molar-refractivity contribution >= 4 is 5.97 Å². The van der Waals surface area contributed by atoms with E-state index in [1.165, 1.54) is 0 Å². The molecule has 1 rings (SSSR count). The van der Waals surface area contributed by atoms with Crippen molar-refractivity contribution in [3.8, 4) is 0 Å². The Morgan fingerprint density at radius 2 is 2.46 bits per heavy atom. The summed E-state index contributed by atoms with van der Waals surface area (Å²) < 4.78 is 0. The number of hydrogen-bond acceptors (Lipinski definition) is 3. The Hall–Kier alpha value is -1.42. The first-order valence-corrected chi connectivity index (χ1v) is 3.99. The quantitative estimate of drug-likeness (QED) is 0.703. The van der Waals surface area contributed by atoms with Gasteiger partial charge in [-0.15, -0.1) is 0 Å². The molecule has 4 heteroatoms. The van der Waals surface area contributed by atoms with Crippen molar-refractivity contribution in [1.82, 2.24) is 4.98 Å². The van der Waals surface area contributed by atoms with Crippen LogP contribution in [0.4, 0.5) is 0 Å². The summed E-state index contributed by atoms with van der Waals surface area (Å²) in [5.74, 6) is -0.976. The van der Waals surface area contributed by atoms with Crippen molar-refractivity contribution in [1.29, 1.82) is 0 Å². The lowest BCUT2D eigenvalue weighted by atomic mass is 10.0. The van der Waals surface area contributed by atoms with Crippen LogP contribution < -0.4 is 5.73 Å². The molecule has 0 saturated carbocycles. The van der Waals surface area contributed by atoms with Gasteiger partial charge in [-0.05, 0) is 30.5 Å². The molecule has 0 bridgehead atoms. The summed E-state index contributed by atoms with van der Waals surface area (Å²) in [6.45, 7) is 1.89. The number of pyridine rings is 1. The molecule has 0 fully saturated rings. The average molecular weight is 180 g/mol. The molecule has 1 atom stereocenters. The van der Waals surface area contributed by atoms with Crippen molar-refractivity contribution in [3.63, 3.8) is 0 Å². The highest BCUT2D eigenvalue weighted by atomic mass is 16.4. The van der Waals surface area contributed by atoms with Crippen LogP contribution in [0.5, 0.6) is 0 Å². The second-order valence-electron chi connectivity index (χ2n) is 2.95. The molecule has 0 amide bonds. The minimum absolute atomic E-state index is 0.351. The molecular weight excluding hydrogens is 168 g/mol. The van der Waals surface area contributed by atoms with Gasteiger partial charge in [0.05, 0.1) is 0 Å². The van der Waals surface area contributed by atoms with E-state index < -0.39 is 12.0 Å². The van der Waals surface area contributed by atoms with Crippen molar-refractivity contribution < 1.29 is 9.90 Å². The molecule has 3 N–H and O–H groups in total. The van der Waals surface area contributed by atoms with Gasteiger partial charge in [-0.1, -0.05) is 0 Å². The highest BCUT2D eigenvalue weighted by molar-refractivity contribution is 5.73. The van der Waals surface area contributed by atoms with Crippen LogP contribution in [0, 0.1) is 6.92 Å². The third-order valence-electron chi connectivity index (χ3n) is 1.89. The van der Waals surface area contributed by atoms with Gasteiger partial charge in [0.1, 0.15) is 6.04 Å². The highest BCUT2D eigenvalue weighted by Gasteiger charge is 2.12. The third-order valence-corrected chi connectivity index (χ3v) is 1.89. The van der Waals surface area contributed by atoms with Crippen LogP contribution in [0.3, 0.4) is 0 Å². The fourth-order valence-electron chi connectivity index (χ4n) is 1.06. The number of aromatic nitrogens is 1. The lowest BCUT2D eigenvalue weighted by Gasteiger charge is -2.07. The fourth-order valence-corrected chi connectivity index (χ4v) is 1.06. The Balaban J connectivity index is 2.74. The molecule has 1 heterocycles. The van der Waals surface area contributed by atoms with Crippen LogP contribution in [0.1, 0.15) is 11.1 Å². The van der Waals surface area contributed by atoms with Crippen molar-refractivity contribution in [2.45, 2.75) is 19.4 Å². The molecular formula is C9H12N2O2. The number of carbonyl (C=O) groups is 1. The Labute approximate surface area is 76.4 Å². The Bertz CT molecular complexity index is 312. The summed E-state index contributed by atoms with van der Waals surface area (Å²) in [7, 11) is 0. The Morgan fingerprint density at radius 3 is 3.00 bits per heavy atom. The zero-order valence-electron chi connectivity index (χ0n) is 7.40. The Kier molecular flexibility index (Phi) is 2.97. The summed E-state index contributed by atoms with van der Waals surface area (Å²) in [6.07, 6.45) is 3.69. The molecule has 0 unspecified atom stereocenters. The summed E-state index contributed by atoms with van der Waals surface area (Å²) >= 11 is 0. The van der Waals surface area contributed by atoms with E-state index in [4.69, 9.17) is 10.8 Å². The minimum atomic E-state index is -0.976. The second kappa shape index (κ2) is 4.00. The van der Waals surface area contributed by atoms with Crippen molar-refractivity contribution in [2.24, 2.45) is 5.73 Å². The van der Waals surface area contributed by atoms with Crippen LogP contribution in [0.25, 0.3) is 0 Å². The maximum Gasteiger partial charge on any atom is 0.320 e. The van der Waals surface area contributed by atoms with Gasteiger partial charge in [0.25, 0.3) is 0 Å². The van der Waals surface area contributed by atoms with Crippen molar-refractivity contribution in [3.05, 3.63) is 29.6 Å². The van der Waals surface area contributed by atoms with E-state index in [1.54, 1.807) is 18.5 Å². The summed E-state index contributed by atoms with van der Waals surface area (Å²) in [6, 6.07) is 0.957. The number of aliphatic carboxylic acids is 1. The first-order valence-electron chi connectivity index (χ1n) is 3.99. The smallest absolute Gasteiger partial charge is 0.320 e. The van der Waals surface area contributed by atoms with Crippen LogP contribution in [-0.2, 0) is 11.2 Å². The normalized spacial score (nSPS) is 12.5. The van der Waals surface area contributed by atoms with Gasteiger partial charge in [-0.2, -0.15) is 0 Å². The number of carboxylic acids is 1. The van der Waals surface area contributed by atoms with Gasteiger partial charge in [0, 0.05) is 12.4 Å². The molecule has 0 radical (unpaired) electrons. The number of hydrogen-bond donors (Lipinski definition) is 2. The molecule has 0 aromatic carbocycles. The number of aryl methyl sites for hydroxylation is 1. The van der Waals surface area contributed by atoms with E-state index in [0.29, 0.717) is 6.42 Å². The first kappa shape index (κ1) is 9.67. The topological polar surface area (TPSA) is 76.2 Å². The van der Waals surface area contributed by atoms with E-state index in [0.717, 1.165) is 11.1 Å². The zero-order chi connectivity index (χ0) is 9.84. The fraction of sp³-hybridized carbons (Fsp3) is 0.333. The maximum atomic E-state index is 10.5. The van der Waals surface area contributed by atoms with Gasteiger partial charge in [-0.25, -0.2) is 0 Å². The molecule has 0 saturated heterocycles. The second-order valence-corrected chi connectivity index (χ2v) is 2.95. The lowest BCUT2D eigenvalue weighted by Crippen LogP contribution is -2.32. The predicted molar refractivity (Wildman–Crippen MR) is 48.3 cm³/mol. The maximum absolute atomic E-state index is 10.5. The van der Waals surface area contributed by atoms with Crippen molar-refractivity contribution in [2.75, 3.05) is 0 Å². The molecule has 0 aliphatic carbocycles. The number of nitrogens with zero attached hydrogens (tertiary/aromatic N) is 1. The van der Waals surface area contributed by atoms with E-state index in [1.807, 2.05) is 6.92 Å². The Morgan fingerprint density at radius 1 is 1.77 bits per heavy atom. The molecule has 1 aromatic rings. The lowest BCUT2D eigenvalue weighted by molar-refractivity contribution is -0.138. The van der Waals surface area contributed by atoms with E-state index in [2.05, 4.69) is 4.98 Å². The van der Waals surface area contributed by atoms with Crippen LogP contribution >= 0.6 is 0 Å². The number of rotatable bonds is 3. The zero-order valence-corrected chi connectivity index (χ0v) is 7.40. The summed E-state index contributed by atoms with van der Waals surface area (Å²) in [4.78, 5) is 14.4. The number of nitrogens with two attached hydrogens (primary N) is 1. The molecule has 0 aliphatic rings. The molecule has 4 nitrogen and oxygen atoms in total. The van der Waals surface area contributed by atoms with E-state index in [-0.39, 0.29) is 0 Å². The molecule has 0 aliphatic heterocycles. The van der Waals surface area contributed by atoms with Gasteiger partial charge in [0.15, 0.2) is 0 Å². The van der Waals surface area contributed by atoms with Crippen LogP contribution in [0.2, 0.25) is 0 Å².